The summed E-state index contributed by atoms with van der Waals surface area (Å²) < 4.78 is 0. The molecule has 5 nitrogen and oxygen atoms in total. The van der Waals surface area contributed by atoms with Gasteiger partial charge in [-0.05, 0) is 19.8 Å². The van der Waals surface area contributed by atoms with Gasteiger partial charge >= 0.3 is 0 Å². The third kappa shape index (κ3) is 2.70. The lowest BCUT2D eigenvalue weighted by Gasteiger charge is -2.30. The van der Waals surface area contributed by atoms with Crippen LogP contribution in [0.4, 0.5) is 11.6 Å². The summed E-state index contributed by atoms with van der Waals surface area (Å²) in [5, 5.41) is 8.91. The molecule has 0 atom stereocenters. The number of piperidine rings is 1. The first-order chi connectivity index (χ1) is 8.60. The van der Waals surface area contributed by atoms with E-state index in [4.69, 9.17) is 5.26 Å². The number of nitrogens with zero attached hydrogens (tertiary/aromatic N) is 5. The van der Waals surface area contributed by atoms with Gasteiger partial charge in [-0.2, -0.15) is 5.26 Å². The Hall–Kier alpha value is -1.83. The molecule has 0 aromatic carbocycles. The van der Waals surface area contributed by atoms with Crippen molar-refractivity contribution >= 4 is 11.6 Å². The van der Waals surface area contributed by atoms with Crippen LogP contribution in [-0.4, -0.2) is 37.2 Å². The minimum absolute atomic E-state index is 0.206. The average molecular weight is 245 g/mol. The van der Waals surface area contributed by atoms with Crippen LogP contribution in [0, 0.1) is 24.2 Å². The highest BCUT2D eigenvalue weighted by Gasteiger charge is 2.20. The molecule has 1 saturated heterocycles. The van der Waals surface area contributed by atoms with E-state index in [0.29, 0.717) is 0 Å². The van der Waals surface area contributed by atoms with Gasteiger partial charge in [-0.1, -0.05) is 0 Å². The second-order valence-corrected chi connectivity index (χ2v) is 4.92. The molecular weight excluding hydrogens is 226 g/mol. The van der Waals surface area contributed by atoms with Gasteiger partial charge in [-0.3, -0.25) is 0 Å². The normalized spacial score (nSPS) is 16.4. The Morgan fingerprint density at radius 3 is 2.56 bits per heavy atom. The molecule has 2 rings (SSSR count). The first kappa shape index (κ1) is 12.6. The molecule has 0 bridgehead atoms. The van der Waals surface area contributed by atoms with Gasteiger partial charge < -0.3 is 9.80 Å². The third-order valence-electron chi connectivity index (χ3n) is 3.27. The van der Waals surface area contributed by atoms with Gasteiger partial charge in [-0.15, -0.1) is 0 Å². The summed E-state index contributed by atoms with van der Waals surface area (Å²) in [6, 6.07) is 4.36. The van der Waals surface area contributed by atoms with E-state index in [1.807, 2.05) is 32.0 Å². The number of anilines is 2. The highest BCUT2D eigenvalue weighted by molar-refractivity contribution is 5.50. The maximum Gasteiger partial charge on any atom is 0.134 e. The highest BCUT2D eigenvalue weighted by atomic mass is 15.2. The molecule has 5 heteroatoms. The second kappa shape index (κ2) is 5.21. The molecular formula is C13H19N5. The largest absolute Gasteiger partial charge is 0.363 e. The lowest BCUT2D eigenvalue weighted by Crippen LogP contribution is -2.34. The van der Waals surface area contributed by atoms with E-state index in [2.05, 4.69) is 20.9 Å². The fourth-order valence-electron chi connectivity index (χ4n) is 2.17. The molecule has 1 aromatic rings. The predicted molar refractivity (Wildman–Crippen MR) is 71.6 cm³/mol. The van der Waals surface area contributed by atoms with Crippen LogP contribution in [0.3, 0.4) is 0 Å². The van der Waals surface area contributed by atoms with Crippen LogP contribution in [0.25, 0.3) is 0 Å². The smallest absolute Gasteiger partial charge is 0.134 e. The number of hydrogen-bond donors (Lipinski definition) is 0. The number of rotatable bonds is 2. The number of nitriles is 1. The zero-order chi connectivity index (χ0) is 13.1. The monoisotopic (exact) mass is 245 g/mol. The van der Waals surface area contributed by atoms with Gasteiger partial charge in [0.05, 0.1) is 6.07 Å². The van der Waals surface area contributed by atoms with Crippen LogP contribution < -0.4 is 9.80 Å². The Morgan fingerprint density at radius 2 is 2.00 bits per heavy atom. The fourth-order valence-corrected chi connectivity index (χ4v) is 2.17. The van der Waals surface area contributed by atoms with E-state index in [1.165, 1.54) is 0 Å². The lowest BCUT2D eigenvalue weighted by molar-refractivity contribution is 0.485. The van der Waals surface area contributed by atoms with Gasteiger partial charge in [0, 0.05) is 39.2 Å². The van der Waals surface area contributed by atoms with Crippen molar-refractivity contribution in [2.75, 3.05) is 37.0 Å². The van der Waals surface area contributed by atoms with Crippen LogP contribution in [0.1, 0.15) is 18.7 Å². The molecule has 0 N–H and O–H groups in total. The highest BCUT2D eigenvalue weighted by Crippen LogP contribution is 2.23. The first-order valence-corrected chi connectivity index (χ1v) is 6.27. The van der Waals surface area contributed by atoms with Crippen LogP contribution in [-0.2, 0) is 0 Å². The van der Waals surface area contributed by atoms with Gasteiger partial charge in [-0.25, -0.2) is 9.97 Å². The van der Waals surface area contributed by atoms with Crippen molar-refractivity contribution in [1.29, 1.82) is 5.26 Å². The maximum absolute atomic E-state index is 8.91. The van der Waals surface area contributed by atoms with Crippen molar-refractivity contribution in [3.05, 3.63) is 11.9 Å². The maximum atomic E-state index is 8.91. The third-order valence-corrected chi connectivity index (χ3v) is 3.27. The molecule has 0 amide bonds. The van der Waals surface area contributed by atoms with Crippen molar-refractivity contribution in [2.45, 2.75) is 19.8 Å². The summed E-state index contributed by atoms with van der Waals surface area (Å²) in [6.07, 6.45) is 1.85. The molecule has 1 fully saturated rings. The molecule has 2 heterocycles. The van der Waals surface area contributed by atoms with Gasteiger partial charge in [0.25, 0.3) is 0 Å². The van der Waals surface area contributed by atoms with E-state index in [9.17, 15) is 0 Å². The molecule has 1 aromatic heterocycles. The molecule has 18 heavy (non-hydrogen) atoms. The fraction of sp³-hybridized carbons (Fsp3) is 0.615. The zero-order valence-corrected chi connectivity index (χ0v) is 11.2. The summed E-state index contributed by atoms with van der Waals surface area (Å²) in [4.78, 5) is 13.1. The lowest BCUT2D eigenvalue weighted by atomic mass is 9.99. The summed E-state index contributed by atoms with van der Waals surface area (Å²) in [6.45, 7) is 3.72. The van der Waals surface area contributed by atoms with Crippen molar-refractivity contribution < 1.29 is 0 Å². The Labute approximate surface area is 108 Å². The average Bonchev–Trinajstić information content (AvgIpc) is 2.38. The second-order valence-electron chi connectivity index (χ2n) is 4.92. The summed E-state index contributed by atoms with van der Waals surface area (Å²) in [7, 11) is 3.96. The van der Waals surface area contributed by atoms with Crippen molar-refractivity contribution in [3.8, 4) is 6.07 Å². The Morgan fingerprint density at radius 1 is 1.33 bits per heavy atom. The van der Waals surface area contributed by atoms with Crippen LogP contribution >= 0.6 is 0 Å². The standard InChI is InChI=1S/C13H19N5/c1-10-15-12(17(2)3)8-13(16-10)18-6-4-11(9-14)5-7-18/h8,11H,4-7H2,1-3H3. The SMILES string of the molecule is Cc1nc(N(C)C)cc(N2CCC(C#N)CC2)n1. The summed E-state index contributed by atoms with van der Waals surface area (Å²) in [5.41, 5.74) is 0. The topological polar surface area (TPSA) is 56.1 Å². The summed E-state index contributed by atoms with van der Waals surface area (Å²) in [5.74, 6) is 2.90. The van der Waals surface area contributed by atoms with Gasteiger partial charge in [0.2, 0.25) is 0 Å². The van der Waals surface area contributed by atoms with Crippen LogP contribution in [0.5, 0.6) is 0 Å². The minimum atomic E-state index is 0.206. The molecule has 1 aliphatic rings. The quantitative estimate of drug-likeness (QED) is 0.792. The molecule has 1 aliphatic heterocycles. The van der Waals surface area contributed by atoms with Crippen LogP contribution in [0.2, 0.25) is 0 Å². The zero-order valence-electron chi connectivity index (χ0n) is 11.2. The van der Waals surface area contributed by atoms with E-state index in [0.717, 1.165) is 43.4 Å². The number of aromatic nitrogens is 2. The van der Waals surface area contributed by atoms with Crippen molar-refractivity contribution in [3.63, 3.8) is 0 Å². The van der Waals surface area contributed by atoms with Crippen molar-refractivity contribution in [1.82, 2.24) is 9.97 Å². The molecule has 0 unspecified atom stereocenters. The molecule has 0 saturated carbocycles. The molecule has 0 radical (unpaired) electrons. The number of aryl methyl sites for hydroxylation is 1. The van der Waals surface area contributed by atoms with E-state index < -0.39 is 0 Å². The number of hydrogen-bond acceptors (Lipinski definition) is 5. The van der Waals surface area contributed by atoms with E-state index in [-0.39, 0.29) is 5.92 Å². The Bertz CT molecular complexity index is 455. The summed E-state index contributed by atoms with van der Waals surface area (Å²) >= 11 is 0. The Kier molecular flexibility index (Phi) is 3.66. The minimum Gasteiger partial charge on any atom is -0.363 e. The van der Waals surface area contributed by atoms with Crippen molar-refractivity contribution in [2.24, 2.45) is 5.92 Å². The molecule has 0 spiro atoms. The predicted octanol–water partition coefficient (Wildman–Crippen LogP) is 1.59. The first-order valence-electron chi connectivity index (χ1n) is 6.27. The van der Waals surface area contributed by atoms with Gasteiger partial charge in [0.15, 0.2) is 0 Å². The molecule has 0 aliphatic carbocycles. The Balaban J connectivity index is 2.17. The van der Waals surface area contributed by atoms with Crippen LogP contribution in [0.15, 0.2) is 6.07 Å². The van der Waals surface area contributed by atoms with E-state index >= 15 is 0 Å². The van der Waals surface area contributed by atoms with E-state index in [1.54, 1.807) is 0 Å². The van der Waals surface area contributed by atoms with Gasteiger partial charge in [0.1, 0.15) is 17.5 Å². The molecule has 96 valence electrons.